The molecule has 2 rings (SSSR count). The van der Waals surface area contributed by atoms with E-state index >= 15 is 0 Å². The summed E-state index contributed by atoms with van der Waals surface area (Å²) in [6.07, 6.45) is 1.81. The second-order valence-electron chi connectivity index (χ2n) is 6.34. The highest BCUT2D eigenvalue weighted by Gasteiger charge is 2.09. The summed E-state index contributed by atoms with van der Waals surface area (Å²) in [6, 6.07) is 15.5. The molecule has 0 aliphatic heterocycles. The molecule has 1 amide bonds. The minimum atomic E-state index is -0.0977. The van der Waals surface area contributed by atoms with Crippen LogP contribution in [0.15, 0.2) is 48.5 Å². The quantitative estimate of drug-likeness (QED) is 0.536. The number of carbonyl (C=O) groups is 2. The fourth-order valence-corrected chi connectivity index (χ4v) is 2.76. The second kappa shape index (κ2) is 9.85. The van der Waals surface area contributed by atoms with Crippen LogP contribution in [0.3, 0.4) is 0 Å². The van der Waals surface area contributed by atoms with Gasteiger partial charge in [0.2, 0.25) is 5.91 Å². The van der Waals surface area contributed by atoms with Crippen LogP contribution in [0.25, 0.3) is 11.1 Å². The summed E-state index contributed by atoms with van der Waals surface area (Å²) in [7, 11) is 1.74. The minimum absolute atomic E-state index is 0.00395. The van der Waals surface area contributed by atoms with Gasteiger partial charge in [-0.05, 0) is 35.6 Å². The molecule has 0 fully saturated rings. The van der Waals surface area contributed by atoms with E-state index in [1.54, 1.807) is 11.9 Å². The molecular formula is C21H26N2O3. The Bertz CT molecular complexity index is 741. The maximum Gasteiger partial charge on any atom is 0.236 e. The number of benzene rings is 2. The van der Waals surface area contributed by atoms with Gasteiger partial charge in [0.1, 0.15) is 0 Å². The first-order chi connectivity index (χ1) is 12.5. The van der Waals surface area contributed by atoms with Crippen LogP contribution >= 0.6 is 0 Å². The summed E-state index contributed by atoms with van der Waals surface area (Å²) in [4.78, 5) is 25.3. The Hall–Kier alpha value is -2.50. The van der Waals surface area contributed by atoms with Crippen LogP contribution in [-0.2, 0) is 11.3 Å². The number of ketones is 1. The lowest BCUT2D eigenvalue weighted by atomic mass is 9.99. The van der Waals surface area contributed by atoms with E-state index in [9.17, 15) is 9.59 Å². The van der Waals surface area contributed by atoms with E-state index < -0.39 is 0 Å². The normalized spacial score (nSPS) is 10.6. The number of unbranched alkanes of at least 4 members (excludes halogenated alkanes) is 1. The molecule has 0 saturated carbocycles. The molecule has 0 aliphatic carbocycles. The molecule has 0 bridgehead atoms. The Balaban J connectivity index is 2.08. The van der Waals surface area contributed by atoms with Crippen LogP contribution in [0.5, 0.6) is 0 Å². The summed E-state index contributed by atoms with van der Waals surface area (Å²) < 4.78 is 0. The van der Waals surface area contributed by atoms with Crippen molar-refractivity contribution >= 4 is 11.7 Å². The third-order valence-electron chi connectivity index (χ3n) is 4.30. The summed E-state index contributed by atoms with van der Waals surface area (Å²) in [5.41, 5.74) is 9.17. The number of hydrogen-bond acceptors (Lipinski definition) is 4. The van der Waals surface area contributed by atoms with Crippen LogP contribution in [0.1, 0.15) is 35.2 Å². The maximum absolute atomic E-state index is 12.1. The number of rotatable bonds is 9. The first kappa shape index (κ1) is 19.8. The van der Waals surface area contributed by atoms with Gasteiger partial charge >= 0.3 is 0 Å². The average Bonchev–Trinajstić information content (AvgIpc) is 2.67. The number of amides is 1. The van der Waals surface area contributed by atoms with E-state index in [0.29, 0.717) is 31.4 Å². The van der Waals surface area contributed by atoms with E-state index in [1.165, 1.54) is 0 Å². The highest BCUT2D eigenvalue weighted by Crippen LogP contribution is 2.22. The van der Waals surface area contributed by atoms with Gasteiger partial charge in [0.05, 0.1) is 6.54 Å². The van der Waals surface area contributed by atoms with Crippen molar-refractivity contribution in [2.45, 2.75) is 25.8 Å². The van der Waals surface area contributed by atoms with Crippen LogP contribution < -0.4 is 5.73 Å². The van der Waals surface area contributed by atoms with Crippen molar-refractivity contribution in [3.05, 3.63) is 59.7 Å². The molecule has 3 N–H and O–H groups in total. The smallest absolute Gasteiger partial charge is 0.236 e. The molecular weight excluding hydrogens is 328 g/mol. The third kappa shape index (κ3) is 5.51. The molecule has 0 spiro atoms. The lowest BCUT2D eigenvalue weighted by Crippen LogP contribution is -2.32. The molecule has 0 saturated heterocycles. The summed E-state index contributed by atoms with van der Waals surface area (Å²) in [5.74, 6) is 0.000129. The zero-order valence-corrected chi connectivity index (χ0v) is 15.1. The van der Waals surface area contributed by atoms with Crippen molar-refractivity contribution in [1.82, 2.24) is 4.90 Å². The number of nitrogens with two attached hydrogens (primary N) is 1. The second-order valence-corrected chi connectivity index (χ2v) is 6.34. The minimum Gasteiger partial charge on any atom is -0.396 e. The SMILES string of the molecule is CN(Cc1cccc(-c2ccc(C(=O)CCCCO)cc2)c1)C(=O)CN. The van der Waals surface area contributed by atoms with E-state index in [0.717, 1.165) is 16.7 Å². The van der Waals surface area contributed by atoms with Crippen molar-refractivity contribution in [2.24, 2.45) is 5.73 Å². The molecule has 5 nitrogen and oxygen atoms in total. The number of hydrogen-bond donors (Lipinski definition) is 2. The molecule has 26 heavy (non-hydrogen) atoms. The van der Waals surface area contributed by atoms with Crippen LogP contribution in [-0.4, -0.2) is 41.9 Å². The van der Waals surface area contributed by atoms with Crippen LogP contribution in [0.2, 0.25) is 0 Å². The van der Waals surface area contributed by atoms with Gasteiger partial charge in [-0.25, -0.2) is 0 Å². The Labute approximate surface area is 154 Å². The van der Waals surface area contributed by atoms with Gasteiger partial charge in [0.25, 0.3) is 0 Å². The van der Waals surface area contributed by atoms with Crippen molar-refractivity contribution < 1.29 is 14.7 Å². The molecule has 5 heteroatoms. The molecule has 0 aliphatic rings. The number of aliphatic hydroxyl groups is 1. The van der Waals surface area contributed by atoms with Crippen LogP contribution in [0.4, 0.5) is 0 Å². The lowest BCUT2D eigenvalue weighted by molar-refractivity contribution is -0.128. The first-order valence-corrected chi connectivity index (χ1v) is 8.82. The molecule has 2 aromatic rings. The van der Waals surface area contributed by atoms with Crippen molar-refractivity contribution in [3.8, 4) is 11.1 Å². The molecule has 0 atom stereocenters. The van der Waals surface area contributed by atoms with E-state index in [1.807, 2.05) is 48.5 Å². The van der Waals surface area contributed by atoms with Gasteiger partial charge in [0.15, 0.2) is 5.78 Å². The first-order valence-electron chi connectivity index (χ1n) is 8.82. The highest BCUT2D eigenvalue weighted by atomic mass is 16.3. The fourth-order valence-electron chi connectivity index (χ4n) is 2.76. The number of carbonyl (C=O) groups excluding carboxylic acids is 2. The summed E-state index contributed by atoms with van der Waals surface area (Å²) >= 11 is 0. The maximum atomic E-state index is 12.1. The summed E-state index contributed by atoms with van der Waals surface area (Å²) in [5, 5.41) is 8.79. The zero-order chi connectivity index (χ0) is 18.9. The van der Waals surface area contributed by atoms with Crippen molar-refractivity contribution in [2.75, 3.05) is 20.2 Å². The van der Waals surface area contributed by atoms with Crippen molar-refractivity contribution in [1.29, 1.82) is 0 Å². The van der Waals surface area contributed by atoms with Gasteiger partial charge in [-0.1, -0.05) is 42.5 Å². The molecule has 138 valence electrons. The monoisotopic (exact) mass is 354 g/mol. The van der Waals surface area contributed by atoms with E-state index in [4.69, 9.17) is 10.8 Å². The standard InChI is InChI=1S/C21H26N2O3/c1-23(21(26)14-22)15-16-5-4-6-19(13-16)17-8-10-18(11-9-17)20(25)7-2-3-12-24/h4-6,8-11,13,24H,2-3,7,12,14-15,22H2,1H3. The van der Waals surface area contributed by atoms with Gasteiger partial charge in [-0.2, -0.15) is 0 Å². The Morgan fingerprint density at radius 3 is 2.42 bits per heavy atom. The number of aliphatic hydroxyl groups excluding tert-OH is 1. The largest absolute Gasteiger partial charge is 0.396 e. The summed E-state index contributed by atoms with van der Waals surface area (Å²) in [6.45, 7) is 0.629. The zero-order valence-electron chi connectivity index (χ0n) is 15.1. The molecule has 0 unspecified atom stereocenters. The highest BCUT2D eigenvalue weighted by molar-refractivity contribution is 5.96. The Morgan fingerprint density at radius 2 is 1.77 bits per heavy atom. The number of likely N-dealkylation sites (N-methyl/N-ethyl adjacent to an activating group) is 1. The number of nitrogens with zero attached hydrogens (tertiary/aromatic N) is 1. The fraction of sp³-hybridized carbons (Fsp3) is 0.333. The molecule has 0 radical (unpaired) electrons. The van der Waals surface area contributed by atoms with Crippen molar-refractivity contribution in [3.63, 3.8) is 0 Å². The molecule has 0 aromatic heterocycles. The predicted octanol–water partition coefficient (Wildman–Crippen LogP) is 2.62. The average molecular weight is 354 g/mol. The molecule has 2 aromatic carbocycles. The van der Waals surface area contributed by atoms with E-state index in [2.05, 4.69) is 0 Å². The van der Waals surface area contributed by atoms with Gasteiger partial charge in [-0.15, -0.1) is 0 Å². The van der Waals surface area contributed by atoms with Gasteiger partial charge in [-0.3, -0.25) is 9.59 Å². The van der Waals surface area contributed by atoms with Gasteiger partial charge in [0, 0.05) is 32.2 Å². The van der Waals surface area contributed by atoms with Crippen LogP contribution in [0, 0.1) is 0 Å². The Morgan fingerprint density at radius 1 is 1.04 bits per heavy atom. The predicted molar refractivity (Wildman–Crippen MR) is 103 cm³/mol. The van der Waals surface area contributed by atoms with E-state index in [-0.39, 0.29) is 24.8 Å². The topological polar surface area (TPSA) is 83.6 Å². The Kier molecular flexibility index (Phi) is 7.51. The van der Waals surface area contributed by atoms with Gasteiger partial charge < -0.3 is 15.7 Å². The third-order valence-corrected chi connectivity index (χ3v) is 4.30. The molecule has 0 heterocycles. The number of Topliss-reactive ketones (excluding diaryl/α,β-unsaturated/α-hetero) is 1. The lowest BCUT2D eigenvalue weighted by Gasteiger charge is -2.16.